The number of rotatable bonds is 9. The van der Waals surface area contributed by atoms with Crippen molar-refractivity contribution in [3.05, 3.63) is 35.4 Å². The number of carbonyl (C=O) groups excluding carboxylic acids is 2. The van der Waals surface area contributed by atoms with Gasteiger partial charge in [-0.3, -0.25) is 9.59 Å². The van der Waals surface area contributed by atoms with E-state index in [0.29, 0.717) is 32.0 Å². The lowest BCUT2D eigenvalue weighted by Gasteiger charge is -2.36. The summed E-state index contributed by atoms with van der Waals surface area (Å²) in [7, 11) is 0. The number of likely N-dealkylation sites (tertiary alicyclic amines) is 1. The molecule has 2 aliphatic rings. The molecule has 1 aromatic carbocycles. The van der Waals surface area contributed by atoms with Crippen LogP contribution in [0.15, 0.2) is 24.3 Å². The molecular formula is C23H32N2O6. The molecule has 0 radical (unpaired) electrons. The number of amides is 2. The Morgan fingerprint density at radius 1 is 1.19 bits per heavy atom. The van der Waals surface area contributed by atoms with Gasteiger partial charge in [0, 0.05) is 26.3 Å². The van der Waals surface area contributed by atoms with Gasteiger partial charge in [0.25, 0.3) is 0 Å². The van der Waals surface area contributed by atoms with Crippen LogP contribution in [0, 0.1) is 5.92 Å². The normalized spacial score (nSPS) is 20.1. The summed E-state index contributed by atoms with van der Waals surface area (Å²) in [6.07, 6.45) is 3.64. The Kier molecular flexibility index (Phi) is 8.43. The molecule has 2 aliphatic heterocycles. The fourth-order valence-electron chi connectivity index (χ4n) is 4.31. The molecule has 0 spiro atoms. The van der Waals surface area contributed by atoms with Gasteiger partial charge in [-0.15, -0.1) is 0 Å². The van der Waals surface area contributed by atoms with Gasteiger partial charge in [0.1, 0.15) is 6.04 Å². The summed E-state index contributed by atoms with van der Waals surface area (Å²) in [5, 5.41) is 11.7. The number of benzene rings is 1. The molecule has 2 unspecified atom stereocenters. The first-order valence-electron chi connectivity index (χ1n) is 11.0. The molecule has 1 aromatic rings. The molecule has 2 amide bonds. The summed E-state index contributed by atoms with van der Waals surface area (Å²) in [5.41, 5.74) is 1.36. The monoisotopic (exact) mass is 432 g/mol. The number of nitrogens with zero attached hydrogens (tertiary/aromatic N) is 1. The van der Waals surface area contributed by atoms with Crippen LogP contribution in [0.1, 0.15) is 54.4 Å². The summed E-state index contributed by atoms with van der Waals surface area (Å²) in [4.78, 5) is 37.0. The van der Waals surface area contributed by atoms with E-state index < -0.39 is 18.1 Å². The largest absolute Gasteiger partial charge is 0.478 e. The van der Waals surface area contributed by atoms with E-state index in [2.05, 4.69) is 5.32 Å². The Labute approximate surface area is 182 Å². The quantitative estimate of drug-likeness (QED) is 0.579. The van der Waals surface area contributed by atoms with Gasteiger partial charge >= 0.3 is 5.97 Å². The van der Waals surface area contributed by atoms with E-state index >= 15 is 0 Å². The van der Waals surface area contributed by atoms with Gasteiger partial charge in [-0.25, -0.2) is 4.79 Å². The number of carboxylic acid groups (broad SMARTS) is 1. The van der Waals surface area contributed by atoms with Crippen LogP contribution in [-0.2, 0) is 19.1 Å². The summed E-state index contributed by atoms with van der Waals surface area (Å²) in [5.74, 6) is -0.349. The van der Waals surface area contributed by atoms with Crippen molar-refractivity contribution in [2.24, 2.45) is 5.92 Å². The fourth-order valence-corrected chi connectivity index (χ4v) is 4.31. The number of piperidine rings is 1. The number of aromatic carboxylic acids is 1. The molecule has 0 aromatic heterocycles. The van der Waals surface area contributed by atoms with E-state index in [1.54, 1.807) is 17.0 Å². The Morgan fingerprint density at radius 3 is 2.42 bits per heavy atom. The topological polar surface area (TPSA) is 105 Å². The Morgan fingerprint density at radius 2 is 1.84 bits per heavy atom. The summed E-state index contributed by atoms with van der Waals surface area (Å²) in [6, 6.07) is 6.25. The second-order valence-corrected chi connectivity index (χ2v) is 8.38. The average molecular weight is 433 g/mol. The molecule has 8 heteroatoms. The van der Waals surface area contributed by atoms with E-state index in [-0.39, 0.29) is 17.4 Å². The minimum atomic E-state index is -0.936. The smallest absolute Gasteiger partial charge is 0.335 e. The molecule has 2 atom stereocenters. The molecule has 0 aliphatic carbocycles. The predicted octanol–water partition coefficient (Wildman–Crippen LogP) is 2.04. The number of nitrogens with one attached hydrogen (secondary N) is 1. The molecular weight excluding hydrogens is 400 g/mol. The minimum Gasteiger partial charge on any atom is -0.478 e. The lowest BCUT2D eigenvalue weighted by molar-refractivity contribution is -0.140. The van der Waals surface area contributed by atoms with Gasteiger partial charge in [-0.05, 0) is 62.1 Å². The fraction of sp³-hybridized carbons (Fsp3) is 0.609. The van der Waals surface area contributed by atoms with Gasteiger partial charge in [0.2, 0.25) is 12.3 Å². The zero-order chi connectivity index (χ0) is 22.2. The molecule has 170 valence electrons. The Hall–Kier alpha value is -2.45. The minimum absolute atomic E-state index is 0.119. The van der Waals surface area contributed by atoms with Gasteiger partial charge in [0.05, 0.1) is 18.3 Å². The summed E-state index contributed by atoms with van der Waals surface area (Å²) in [6.45, 7) is 5.05. The summed E-state index contributed by atoms with van der Waals surface area (Å²) >= 11 is 0. The first kappa shape index (κ1) is 23.2. The molecule has 0 bridgehead atoms. The number of carboxylic acids is 1. The van der Waals surface area contributed by atoms with E-state index in [1.165, 1.54) is 0 Å². The molecule has 2 saturated heterocycles. The highest BCUT2D eigenvalue weighted by molar-refractivity contribution is 5.87. The molecule has 2 N–H and O–H groups in total. The van der Waals surface area contributed by atoms with Crippen LogP contribution in [0.3, 0.4) is 0 Å². The first-order valence-corrected chi connectivity index (χ1v) is 11.0. The second kappa shape index (κ2) is 11.2. The third-order valence-electron chi connectivity index (χ3n) is 6.35. The van der Waals surface area contributed by atoms with Crippen LogP contribution < -0.4 is 5.32 Å². The van der Waals surface area contributed by atoms with Crippen LogP contribution in [0.2, 0.25) is 0 Å². The lowest BCUT2D eigenvalue weighted by Crippen LogP contribution is -2.54. The van der Waals surface area contributed by atoms with Crippen molar-refractivity contribution < 1.29 is 29.0 Å². The van der Waals surface area contributed by atoms with Gasteiger partial charge in [0.15, 0.2) is 0 Å². The average Bonchev–Trinajstić information content (AvgIpc) is 2.81. The van der Waals surface area contributed by atoms with Crippen molar-refractivity contribution in [2.75, 3.05) is 32.9 Å². The Bertz CT molecular complexity index is 739. The SMILES string of the molecule is CC(OCC1CCOCC1)C(NC=O)C(=O)N1CCC(c2ccc(C(=O)O)cc2)CC1. The molecule has 31 heavy (non-hydrogen) atoms. The van der Waals surface area contributed by atoms with Crippen LogP contribution in [0.25, 0.3) is 0 Å². The molecule has 2 fully saturated rings. The molecule has 2 heterocycles. The number of hydrogen-bond acceptors (Lipinski definition) is 5. The van der Waals surface area contributed by atoms with Crippen molar-refractivity contribution in [3.8, 4) is 0 Å². The Balaban J connectivity index is 1.52. The maximum absolute atomic E-state index is 13.1. The van der Waals surface area contributed by atoms with E-state index in [9.17, 15) is 14.4 Å². The van der Waals surface area contributed by atoms with Crippen molar-refractivity contribution in [1.82, 2.24) is 10.2 Å². The molecule has 0 saturated carbocycles. The van der Waals surface area contributed by atoms with Crippen molar-refractivity contribution >= 4 is 18.3 Å². The number of carbonyl (C=O) groups is 3. The zero-order valence-electron chi connectivity index (χ0n) is 18.0. The standard InChI is InChI=1S/C23H32N2O6/c1-16(31-14-17-8-12-30-13-9-17)21(24-15-26)22(27)25-10-6-19(7-11-25)18-2-4-20(5-3-18)23(28)29/h2-5,15-17,19,21H,6-14H2,1H3,(H,24,26)(H,28,29). The number of hydrogen-bond donors (Lipinski definition) is 2. The van der Waals surface area contributed by atoms with Crippen LogP contribution >= 0.6 is 0 Å². The maximum atomic E-state index is 13.1. The highest BCUT2D eigenvalue weighted by atomic mass is 16.5. The van der Waals surface area contributed by atoms with Crippen LogP contribution in [-0.4, -0.2) is 73.3 Å². The molecule has 3 rings (SSSR count). The predicted molar refractivity (Wildman–Crippen MR) is 114 cm³/mol. The maximum Gasteiger partial charge on any atom is 0.335 e. The third-order valence-corrected chi connectivity index (χ3v) is 6.35. The van der Waals surface area contributed by atoms with Gasteiger partial charge < -0.3 is 24.8 Å². The van der Waals surface area contributed by atoms with Crippen molar-refractivity contribution in [3.63, 3.8) is 0 Å². The molecule has 8 nitrogen and oxygen atoms in total. The van der Waals surface area contributed by atoms with Gasteiger partial charge in [-0.1, -0.05) is 12.1 Å². The van der Waals surface area contributed by atoms with E-state index in [0.717, 1.165) is 44.5 Å². The van der Waals surface area contributed by atoms with E-state index in [1.807, 2.05) is 19.1 Å². The highest BCUT2D eigenvalue weighted by Gasteiger charge is 2.32. The van der Waals surface area contributed by atoms with E-state index in [4.69, 9.17) is 14.6 Å². The van der Waals surface area contributed by atoms with Gasteiger partial charge in [-0.2, -0.15) is 0 Å². The van der Waals surface area contributed by atoms with Crippen LogP contribution in [0.5, 0.6) is 0 Å². The highest BCUT2D eigenvalue weighted by Crippen LogP contribution is 2.29. The lowest BCUT2D eigenvalue weighted by atomic mass is 9.88. The summed E-state index contributed by atoms with van der Waals surface area (Å²) < 4.78 is 11.3. The van der Waals surface area contributed by atoms with Crippen molar-refractivity contribution in [2.45, 2.75) is 50.7 Å². The zero-order valence-corrected chi connectivity index (χ0v) is 18.0. The van der Waals surface area contributed by atoms with Crippen molar-refractivity contribution in [1.29, 1.82) is 0 Å². The second-order valence-electron chi connectivity index (χ2n) is 8.38. The first-order chi connectivity index (χ1) is 15.0. The number of ether oxygens (including phenoxy) is 2. The third kappa shape index (κ3) is 6.27. The van der Waals surface area contributed by atoms with Crippen LogP contribution in [0.4, 0.5) is 0 Å².